The van der Waals surface area contributed by atoms with Gasteiger partial charge in [-0.05, 0) is 0 Å². The number of hydrogen-bond acceptors (Lipinski definition) is 6. The third-order valence-corrected chi connectivity index (χ3v) is 1.68. The first-order chi connectivity index (χ1) is 5.55. The van der Waals surface area contributed by atoms with Crippen molar-refractivity contribution in [2.75, 3.05) is 6.61 Å². The van der Waals surface area contributed by atoms with Crippen molar-refractivity contribution in [3.63, 3.8) is 0 Å². The van der Waals surface area contributed by atoms with Gasteiger partial charge in [-0.3, -0.25) is 4.79 Å². The summed E-state index contributed by atoms with van der Waals surface area (Å²) < 4.78 is 8.77. The van der Waals surface area contributed by atoms with Crippen LogP contribution in [0.1, 0.15) is 0 Å². The molecule has 0 aromatic carbocycles. The Bertz CT molecular complexity index is 316. The number of aliphatic hydroxyl groups is 2. The zero-order valence-electron chi connectivity index (χ0n) is 5.73. The number of fused-ring (bicyclic) bond motifs is 1. The van der Waals surface area contributed by atoms with Gasteiger partial charge in [-0.15, -0.1) is 0 Å². The molecule has 1 saturated heterocycles. The molecule has 0 aromatic rings. The van der Waals surface area contributed by atoms with Gasteiger partial charge in [-0.2, -0.15) is 0 Å². The number of ketones is 1. The van der Waals surface area contributed by atoms with Crippen LogP contribution >= 0.6 is 0 Å². The number of rotatable bonds is 0. The summed E-state index contributed by atoms with van der Waals surface area (Å²) in [6, 6.07) is 0. The highest BCUT2D eigenvalue weighted by atomic mass is 16.7. The lowest BCUT2D eigenvalue weighted by molar-refractivity contribution is -0.175. The zero-order chi connectivity index (χ0) is 8.93. The van der Waals surface area contributed by atoms with Crippen molar-refractivity contribution in [3.8, 4) is 0 Å². The van der Waals surface area contributed by atoms with E-state index < -0.39 is 29.1 Å². The summed E-state index contributed by atoms with van der Waals surface area (Å²) in [6.45, 7) is -0.329. The summed E-state index contributed by atoms with van der Waals surface area (Å²) >= 11 is 0. The first-order valence-corrected chi connectivity index (χ1v) is 3.11. The minimum atomic E-state index is -2.37. The maximum absolute atomic E-state index is 10.9. The van der Waals surface area contributed by atoms with Crippen LogP contribution in [0.25, 0.3) is 0 Å². The van der Waals surface area contributed by atoms with Crippen LogP contribution in [0.4, 0.5) is 0 Å². The summed E-state index contributed by atoms with van der Waals surface area (Å²) in [7, 11) is 0. The monoisotopic (exact) mass is 172 g/mol. The molecule has 0 bridgehead atoms. The fraction of sp³-hybridized carbons (Fsp3) is 0.333. The lowest BCUT2D eigenvalue weighted by atomic mass is 10.2. The number of carbonyl (C=O) groups excluding carboxylic acids is 2. The van der Waals surface area contributed by atoms with Crippen LogP contribution in [-0.4, -0.2) is 34.4 Å². The number of esters is 1. The summed E-state index contributed by atoms with van der Waals surface area (Å²) in [5, 5.41) is 18.3. The van der Waals surface area contributed by atoms with E-state index in [1.54, 1.807) is 0 Å². The Morgan fingerprint density at radius 3 is 2.67 bits per heavy atom. The van der Waals surface area contributed by atoms with Crippen LogP contribution in [0, 0.1) is 0 Å². The molecule has 12 heavy (non-hydrogen) atoms. The van der Waals surface area contributed by atoms with E-state index in [9.17, 15) is 14.7 Å². The Labute approximate surface area is 66.0 Å². The van der Waals surface area contributed by atoms with Crippen LogP contribution in [0.5, 0.6) is 0 Å². The van der Waals surface area contributed by atoms with Gasteiger partial charge in [-0.1, -0.05) is 0 Å². The highest BCUT2D eigenvalue weighted by Crippen LogP contribution is 2.35. The molecule has 2 heterocycles. The van der Waals surface area contributed by atoms with Crippen molar-refractivity contribution in [3.05, 3.63) is 11.5 Å². The molecular weight excluding hydrogens is 168 g/mol. The lowest BCUT2D eigenvalue weighted by Gasteiger charge is -2.10. The molecule has 0 saturated carbocycles. The number of Topliss-reactive ketones (excluding diaryl/α,β-unsaturated/α-hetero) is 1. The number of carbonyl (C=O) groups is 2. The fourth-order valence-corrected chi connectivity index (χ4v) is 1.07. The predicted molar refractivity (Wildman–Crippen MR) is 31.7 cm³/mol. The molecule has 0 aliphatic carbocycles. The first-order valence-electron chi connectivity index (χ1n) is 3.11. The van der Waals surface area contributed by atoms with Crippen molar-refractivity contribution >= 4 is 11.8 Å². The predicted octanol–water partition coefficient (Wildman–Crippen LogP) is -1.40. The Hall–Kier alpha value is -1.40. The highest BCUT2D eigenvalue weighted by Gasteiger charge is 2.60. The number of ether oxygens (including phenoxy) is 2. The van der Waals surface area contributed by atoms with Crippen LogP contribution in [0.2, 0.25) is 0 Å². The van der Waals surface area contributed by atoms with Crippen molar-refractivity contribution in [2.24, 2.45) is 0 Å². The van der Waals surface area contributed by atoms with E-state index in [1.165, 1.54) is 0 Å². The van der Waals surface area contributed by atoms with Gasteiger partial charge in [-0.25, -0.2) is 4.79 Å². The molecular formula is C6H4O6. The third kappa shape index (κ3) is 0.607. The number of hydrogen-bond donors (Lipinski definition) is 2. The summed E-state index contributed by atoms with van der Waals surface area (Å²) in [6.07, 6.45) is 0. The van der Waals surface area contributed by atoms with Gasteiger partial charge >= 0.3 is 17.5 Å². The number of aliphatic hydroxyl groups excluding tert-OH is 1. The third-order valence-electron chi connectivity index (χ3n) is 1.68. The highest BCUT2D eigenvalue weighted by molar-refractivity contribution is 6.39. The summed E-state index contributed by atoms with van der Waals surface area (Å²) in [4.78, 5) is 21.4. The molecule has 1 fully saturated rings. The second-order valence-corrected chi connectivity index (χ2v) is 2.43. The van der Waals surface area contributed by atoms with E-state index in [0.717, 1.165) is 0 Å². The Balaban J connectivity index is 2.54. The molecule has 0 radical (unpaired) electrons. The molecule has 2 rings (SSSR count). The molecule has 0 spiro atoms. The molecule has 2 aliphatic heterocycles. The lowest BCUT2D eigenvalue weighted by Crippen LogP contribution is -2.37. The maximum Gasteiger partial charge on any atom is 0.386 e. The van der Waals surface area contributed by atoms with Crippen LogP contribution in [0.15, 0.2) is 11.5 Å². The van der Waals surface area contributed by atoms with E-state index in [2.05, 4.69) is 9.47 Å². The topological polar surface area (TPSA) is 93.1 Å². The average molecular weight is 172 g/mol. The van der Waals surface area contributed by atoms with Crippen LogP contribution in [-0.2, 0) is 19.1 Å². The quantitative estimate of drug-likeness (QED) is 0.345. The van der Waals surface area contributed by atoms with Crippen molar-refractivity contribution in [2.45, 2.75) is 5.79 Å². The average Bonchev–Trinajstić information content (AvgIpc) is 2.42. The molecule has 6 nitrogen and oxygen atoms in total. The molecule has 0 amide bonds. The van der Waals surface area contributed by atoms with Gasteiger partial charge in [0.15, 0.2) is 5.76 Å². The van der Waals surface area contributed by atoms with Gasteiger partial charge in [0.2, 0.25) is 5.76 Å². The molecule has 2 N–H and O–H groups in total. The molecule has 0 aromatic heterocycles. The molecule has 1 atom stereocenters. The Morgan fingerprint density at radius 1 is 1.42 bits per heavy atom. The maximum atomic E-state index is 10.9. The van der Waals surface area contributed by atoms with Crippen LogP contribution < -0.4 is 0 Å². The van der Waals surface area contributed by atoms with Gasteiger partial charge in [0, 0.05) is 0 Å². The fourth-order valence-electron chi connectivity index (χ4n) is 1.07. The molecule has 6 heteroatoms. The Kier molecular flexibility index (Phi) is 1.12. The zero-order valence-corrected chi connectivity index (χ0v) is 5.73. The normalized spacial score (nSPS) is 34.1. The van der Waals surface area contributed by atoms with Gasteiger partial charge in [0.05, 0.1) is 0 Å². The molecule has 64 valence electrons. The van der Waals surface area contributed by atoms with Crippen molar-refractivity contribution in [1.29, 1.82) is 0 Å². The Morgan fingerprint density at radius 2 is 2.08 bits per heavy atom. The van der Waals surface area contributed by atoms with Gasteiger partial charge < -0.3 is 19.7 Å². The van der Waals surface area contributed by atoms with Gasteiger partial charge in [0.25, 0.3) is 0 Å². The van der Waals surface area contributed by atoms with Crippen molar-refractivity contribution in [1.82, 2.24) is 0 Å². The van der Waals surface area contributed by atoms with Crippen LogP contribution in [0.3, 0.4) is 0 Å². The van der Waals surface area contributed by atoms with E-state index in [1.807, 2.05) is 0 Å². The SMILES string of the molecule is O=C1OC2=C(O)COC2(O)C1=O. The van der Waals surface area contributed by atoms with Crippen molar-refractivity contribution < 1.29 is 29.3 Å². The largest absolute Gasteiger partial charge is 0.506 e. The molecule has 1 unspecified atom stereocenters. The summed E-state index contributed by atoms with van der Waals surface area (Å²) in [5.41, 5.74) is 0. The standard InChI is InChI=1S/C6H4O6/c7-2-1-11-6(10)3(8)5(9)12-4(2)6/h7,10H,1H2. The second-order valence-electron chi connectivity index (χ2n) is 2.43. The van der Waals surface area contributed by atoms with E-state index >= 15 is 0 Å². The van der Waals surface area contributed by atoms with E-state index in [4.69, 9.17) is 5.11 Å². The summed E-state index contributed by atoms with van der Waals surface area (Å²) in [5.74, 6) is -5.74. The van der Waals surface area contributed by atoms with E-state index in [-0.39, 0.29) is 6.61 Å². The smallest absolute Gasteiger partial charge is 0.386 e. The molecule has 2 aliphatic rings. The van der Waals surface area contributed by atoms with E-state index in [0.29, 0.717) is 0 Å². The minimum absolute atomic E-state index is 0.329. The second kappa shape index (κ2) is 1.85. The minimum Gasteiger partial charge on any atom is -0.506 e. The van der Waals surface area contributed by atoms with Gasteiger partial charge in [0.1, 0.15) is 6.61 Å². The first kappa shape index (κ1) is 7.26.